The Morgan fingerprint density at radius 2 is 2.24 bits per heavy atom. The number of rotatable bonds is 3. The Morgan fingerprint density at radius 1 is 1.41 bits per heavy atom. The van der Waals surface area contributed by atoms with E-state index in [9.17, 15) is 4.79 Å². The molecule has 0 aromatic carbocycles. The van der Waals surface area contributed by atoms with Gasteiger partial charge in [0.2, 0.25) is 0 Å². The summed E-state index contributed by atoms with van der Waals surface area (Å²) in [7, 11) is 0. The second-order valence-electron chi connectivity index (χ2n) is 3.84. The summed E-state index contributed by atoms with van der Waals surface area (Å²) in [5.74, 6) is 1.51. The number of aryl methyl sites for hydroxylation is 2. The van der Waals surface area contributed by atoms with Gasteiger partial charge in [-0.05, 0) is 32.0 Å². The van der Waals surface area contributed by atoms with Crippen LogP contribution in [0.1, 0.15) is 27.6 Å². The third kappa shape index (κ3) is 2.72. The Kier molecular flexibility index (Phi) is 3.23. The topological polar surface area (TPSA) is 55.1 Å². The summed E-state index contributed by atoms with van der Waals surface area (Å²) in [5.41, 5.74) is 1.41. The Morgan fingerprint density at radius 3 is 2.82 bits per heavy atom. The molecule has 1 amide bonds. The Hall–Kier alpha value is -2.10. The summed E-state index contributed by atoms with van der Waals surface area (Å²) in [6.45, 7) is 4.23. The van der Waals surface area contributed by atoms with Crippen molar-refractivity contribution in [3.05, 3.63) is 53.2 Å². The van der Waals surface area contributed by atoms with Crippen LogP contribution in [0.4, 0.5) is 0 Å². The lowest BCUT2D eigenvalue weighted by Crippen LogP contribution is -2.23. The maximum Gasteiger partial charge on any atom is 0.270 e. The first-order chi connectivity index (χ1) is 8.16. The van der Waals surface area contributed by atoms with Crippen molar-refractivity contribution < 1.29 is 9.21 Å². The van der Waals surface area contributed by atoms with Crippen LogP contribution in [0.25, 0.3) is 0 Å². The zero-order chi connectivity index (χ0) is 12.3. The van der Waals surface area contributed by atoms with Gasteiger partial charge in [-0.25, -0.2) is 0 Å². The van der Waals surface area contributed by atoms with E-state index in [1.807, 2.05) is 19.9 Å². The van der Waals surface area contributed by atoms with Gasteiger partial charge in [-0.2, -0.15) is 0 Å². The first kappa shape index (κ1) is 11.4. The van der Waals surface area contributed by atoms with E-state index in [0.717, 1.165) is 17.1 Å². The third-order valence-corrected chi connectivity index (χ3v) is 2.48. The van der Waals surface area contributed by atoms with Crippen molar-refractivity contribution in [3.63, 3.8) is 0 Å². The van der Waals surface area contributed by atoms with Gasteiger partial charge in [0.1, 0.15) is 17.2 Å². The van der Waals surface area contributed by atoms with E-state index in [-0.39, 0.29) is 5.91 Å². The second-order valence-corrected chi connectivity index (χ2v) is 3.84. The summed E-state index contributed by atoms with van der Waals surface area (Å²) in [4.78, 5) is 15.7. The predicted molar refractivity (Wildman–Crippen MR) is 63.6 cm³/mol. The van der Waals surface area contributed by atoms with E-state index < -0.39 is 0 Å². The van der Waals surface area contributed by atoms with Crippen molar-refractivity contribution in [1.82, 2.24) is 10.3 Å². The molecule has 1 N–H and O–H groups in total. The number of pyridine rings is 1. The molecule has 17 heavy (non-hydrogen) atoms. The number of nitrogens with one attached hydrogen (secondary N) is 1. The van der Waals surface area contributed by atoms with Crippen LogP contribution in [-0.2, 0) is 6.54 Å². The molecule has 2 heterocycles. The molecule has 0 aliphatic rings. The first-order valence-electron chi connectivity index (χ1n) is 5.42. The lowest BCUT2D eigenvalue weighted by atomic mass is 10.2. The van der Waals surface area contributed by atoms with Gasteiger partial charge in [0.25, 0.3) is 5.91 Å². The molecule has 0 bridgehead atoms. The number of hydrogen-bond acceptors (Lipinski definition) is 3. The summed E-state index contributed by atoms with van der Waals surface area (Å²) in [6.07, 6.45) is 1.60. The average Bonchev–Trinajstić information content (AvgIpc) is 2.66. The minimum Gasteiger partial charge on any atom is -0.466 e. The van der Waals surface area contributed by atoms with E-state index in [4.69, 9.17) is 4.42 Å². The molecule has 0 saturated carbocycles. The number of hydrogen-bond donors (Lipinski definition) is 1. The molecule has 0 fully saturated rings. The Bertz CT molecular complexity index is 517. The number of nitrogens with zero attached hydrogens (tertiary/aromatic N) is 1. The SMILES string of the molecule is Cc1cc(CNC(=O)c2ccccn2)c(C)o1. The molecule has 0 unspecified atom stereocenters. The van der Waals surface area contributed by atoms with Crippen LogP contribution in [0.2, 0.25) is 0 Å². The van der Waals surface area contributed by atoms with Crippen molar-refractivity contribution in [2.45, 2.75) is 20.4 Å². The van der Waals surface area contributed by atoms with Crippen molar-refractivity contribution in [2.24, 2.45) is 0 Å². The number of aromatic nitrogens is 1. The molecule has 4 nitrogen and oxygen atoms in total. The van der Waals surface area contributed by atoms with Gasteiger partial charge in [0.15, 0.2) is 0 Å². The molecule has 0 aliphatic heterocycles. The minimum absolute atomic E-state index is 0.177. The zero-order valence-electron chi connectivity index (χ0n) is 9.86. The van der Waals surface area contributed by atoms with Crippen LogP contribution < -0.4 is 5.32 Å². The fourth-order valence-corrected chi connectivity index (χ4v) is 1.62. The molecule has 4 heteroatoms. The van der Waals surface area contributed by atoms with Crippen LogP contribution >= 0.6 is 0 Å². The van der Waals surface area contributed by atoms with Crippen LogP contribution in [0.15, 0.2) is 34.9 Å². The highest BCUT2D eigenvalue weighted by Crippen LogP contribution is 2.13. The summed E-state index contributed by atoms with van der Waals surface area (Å²) in [5, 5.41) is 2.81. The monoisotopic (exact) mass is 230 g/mol. The molecule has 0 saturated heterocycles. The standard InChI is InChI=1S/C13H14N2O2/c1-9-7-11(10(2)17-9)8-15-13(16)12-5-3-4-6-14-12/h3-7H,8H2,1-2H3,(H,15,16). The van der Waals surface area contributed by atoms with Crippen LogP contribution in [0.5, 0.6) is 0 Å². The highest BCUT2D eigenvalue weighted by molar-refractivity contribution is 5.92. The zero-order valence-corrected chi connectivity index (χ0v) is 9.86. The molecular weight excluding hydrogens is 216 g/mol. The van der Waals surface area contributed by atoms with Crippen molar-refractivity contribution in [2.75, 3.05) is 0 Å². The Labute approximate surface area is 99.7 Å². The number of carbonyl (C=O) groups excluding carboxylic acids is 1. The van der Waals surface area contributed by atoms with E-state index in [2.05, 4.69) is 10.3 Å². The molecule has 2 rings (SSSR count). The van der Waals surface area contributed by atoms with Gasteiger partial charge < -0.3 is 9.73 Å². The third-order valence-electron chi connectivity index (χ3n) is 2.48. The average molecular weight is 230 g/mol. The summed E-state index contributed by atoms with van der Waals surface area (Å²) >= 11 is 0. The number of furan rings is 1. The molecule has 0 aliphatic carbocycles. The van der Waals surface area contributed by atoms with E-state index in [0.29, 0.717) is 12.2 Å². The highest BCUT2D eigenvalue weighted by Gasteiger charge is 2.08. The van der Waals surface area contributed by atoms with E-state index in [1.165, 1.54) is 0 Å². The van der Waals surface area contributed by atoms with Crippen LogP contribution in [0, 0.1) is 13.8 Å². The Balaban J connectivity index is 1.99. The minimum atomic E-state index is -0.177. The fraction of sp³-hybridized carbons (Fsp3) is 0.231. The first-order valence-corrected chi connectivity index (χ1v) is 5.42. The molecule has 88 valence electrons. The van der Waals surface area contributed by atoms with Gasteiger partial charge in [0.05, 0.1) is 0 Å². The molecule has 2 aromatic heterocycles. The van der Waals surface area contributed by atoms with Crippen LogP contribution in [0.3, 0.4) is 0 Å². The lowest BCUT2D eigenvalue weighted by Gasteiger charge is -2.03. The molecule has 0 atom stereocenters. The molecule has 2 aromatic rings. The molecular formula is C13H14N2O2. The van der Waals surface area contributed by atoms with E-state index in [1.54, 1.807) is 24.4 Å². The lowest BCUT2D eigenvalue weighted by molar-refractivity contribution is 0.0946. The van der Waals surface area contributed by atoms with Crippen molar-refractivity contribution in [3.8, 4) is 0 Å². The van der Waals surface area contributed by atoms with Crippen molar-refractivity contribution >= 4 is 5.91 Å². The quantitative estimate of drug-likeness (QED) is 0.879. The normalized spacial score (nSPS) is 10.2. The largest absolute Gasteiger partial charge is 0.466 e. The maximum absolute atomic E-state index is 11.7. The summed E-state index contributed by atoms with van der Waals surface area (Å²) < 4.78 is 5.39. The highest BCUT2D eigenvalue weighted by atomic mass is 16.3. The van der Waals surface area contributed by atoms with Crippen LogP contribution in [-0.4, -0.2) is 10.9 Å². The van der Waals surface area contributed by atoms with Gasteiger partial charge in [-0.1, -0.05) is 6.07 Å². The van der Waals surface area contributed by atoms with Crippen molar-refractivity contribution in [1.29, 1.82) is 0 Å². The number of amides is 1. The van der Waals surface area contributed by atoms with Gasteiger partial charge in [0, 0.05) is 18.3 Å². The predicted octanol–water partition coefficient (Wildman–Crippen LogP) is 2.22. The summed E-state index contributed by atoms with van der Waals surface area (Å²) in [6, 6.07) is 7.17. The molecule has 0 radical (unpaired) electrons. The van der Waals surface area contributed by atoms with E-state index >= 15 is 0 Å². The van der Waals surface area contributed by atoms with Gasteiger partial charge >= 0.3 is 0 Å². The molecule has 0 spiro atoms. The van der Waals surface area contributed by atoms with Gasteiger partial charge in [-0.15, -0.1) is 0 Å². The smallest absolute Gasteiger partial charge is 0.270 e. The van der Waals surface area contributed by atoms with Gasteiger partial charge in [-0.3, -0.25) is 9.78 Å². The second kappa shape index (κ2) is 4.82. The fourth-order valence-electron chi connectivity index (χ4n) is 1.62. The maximum atomic E-state index is 11.7. The number of carbonyl (C=O) groups is 1.